The molecule has 124 valence electrons. The van der Waals surface area contributed by atoms with Crippen LogP contribution in [0.2, 0.25) is 0 Å². The van der Waals surface area contributed by atoms with Gasteiger partial charge in [0.15, 0.2) is 11.5 Å². The lowest BCUT2D eigenvalue weighted by atomic mass is 10.1. The van der Waals surface area contributed by atoms with Crippen molar-refractivity contribution in [3.05, 3.63) is 48.0 Å². The first-order chi connectivity index (χ1) is 11.7. The molecule has 0 saturated carbocycles. The molecule has 3 rings (SSSR count). The summed E-state index contributed by atoms with van der Waals surface area (Å²) in [6, 6.07) is 13.7. The summed E-state index contributed by atoms with van der Waals surface area (Å²) >= 11 is 0. The summed E-state index contributed by atoms with van der Waals surface area (Å²) in [7, 11) is 3.24. The van der Waals surface area contributed by atoms with Crippen molar-refractivity contribution in [3.8, 4) is 28.6 Å². The Balaban J connectivity index is 2.17. The van der Waals surface area contributed by atoms with Crippen molar-refractivity contribution in [2.45, 2.75) is 13.8 Å². The second-order valence-corrected chi connectivity index (χ2v) is 5.48. The molecular weight excluding hydrogens is 304 g/mol. The van der Waals surface area contributed by atoms with Crippen LogP contribution in [0.15, 0.2) is 46.9 Å². The maximum absolute atomic E-state index is 6.09. The Morgan fingerprint density at radius 3 is 2.38 bits per heavy atom. The van der Waals surface area contributed by atoms with Gasteiger partial charge in [-0.3, -0.25) is 0 Å². The highest BCUT2D eigenvalue weighted by atomic mass is 16.5. The van der Waals surface area contributed by atoms with Crippen LogP contribution in [0.5, 0.6) is 17.2 Å². The van der Waals surface area contributed by atoms with Gasteiger partial charge in [-0.2, -0.15) is 0 Å². The van der Waals surface area contributed by atoms with Gasteiger partial charge in [-0.25, -0.2) is 4.42 Å². The van der Waals surface area contributed by atoms with E-state index in [2.05, 4.69) is 13.0 Å². The second kappa shape index (κ2) is 6.79. The van der Waals surface area contributed by atoms with E-state index in [-0.39, 0.29) is 0 Å². The Morgan fingerprint density at radius 1 is 0.875 bits per heavy atom. The molecular formula is C20H21O4+. The molecule has 1 aromatic heterocycles. The number of methoxy groups -OCH3 is 2. The molecule has 0 atom stereocenters. The molecule has 0 aliphatic heterocycles. The van der Waals surface area contributed by atoms with Gasteiger partial charge in [0.25, 0.3) is 0 Å². The summed E-state index contributed by atoms with van der Waals surface area (Å²) < 4.78 is 22.6. The number of fused-ring (bicyclic) bond motifs is 1. The SMILES string of the molecule is CCOc1cc(-c2ccc(OC)c(OC)c2)[o+]c2ccc(C)cc12. The zero-order valence-electron chi connectivity index (χ0n) is 14.4. The van der Waals surface area contributed by atoms with Crippen LogP contribution < -0.4 is 14.2 Å². The molecule has 4 heteroatoms. The maximum Gasteiger partial charge on any atom is 0.364 e. The number of hydrogen-bond acceptors (Lipinski definition) is 3. The first-order valence-electron chi connectivity index (χ1n) is 7.89. The molecule has 0 fully saturated rings. The van der Waals surface area contributed by atoms with Crippen LogP contribution in [0, 0.1) is 6.92 Å². The summed E-state index contributed by atoms with van der Waals surface area (Å²) in [5, 5.41) is 0.973. The van der Waals surface area contributed by atoms with E-state index in [4.69, 9.17) is 18.6 Å². The Labute approximate surface area is 141 Å². The fourth-order valence-corrected chi connectivity index (χ4v) is 2.68. The summed E-state index contributed by atoms with van der Waals surface area (Å²) in [4.78, 5) is 0. The van der Waals surface area contributed by atoms with E-state index in [1.54, 1.807) is 14.2 Å². The van der Waals surface area contributed by atoms with Crippen molar-refractivity contribution in [2.24, 2.45) is 0 Å². The van der Waals surface area contributed by atoms with Crippen molar-refractivity contribution < 1.29 is 18.6 Å². The lowest BCUT2D eigenvalue weighted by molar-refractivity contribution is 0.342. The third kappa shape index (κ3) is 3.00. The molecule has 0 unspecified atom stereocenters. The van der Waals surface area contributed by atoms with Crippen LogP contribution in [0.3, 0.4) is 0 Å². The molecule has 0 bridgehead atoms. The van der Waals surface area contributed by atoms with Crippen molar-refractivity contribution in [2.75, 3.05) is 20.8 Å². The minimum absolute atomic E-state index is 0.596. The molecule has 24 heavy (non-hydrogen) atoms. The van der Waals surface area contributed by atoms with Gasteiger partial charge in [-0.05, 0) is 43.7 Å². The molecule has 0 aliphatic carbocycles. The zero-order valence-corrected chi connectivity index (χ0v) is 14.4. The molecule has 0 radical (unpaired) electrons. The topological polar surface area (TPSA) is 39.0 Å². The molecule has 3 aromatic rings. The minimum Gasteiger partial charge on any atom is -0.493 e. The Morgan fingerprint density at radius 2 is 1.67 bits per heavy atom. The molecule has 0 spiro atoms. The van der Waals surface area contributed by atoms with Gasteiger partial charge >= 0.3 is 11.3 Å². The number of rotatable bonds is 5. The first-order valence-corrected chi connectivity index (χ1v) is 7.89. The number of benzene rings is 2. The van der Waals surface area contributed by atoms with Gasteiger partial charge in [0.2, 0.25) is 0 Å². The van der Waals surface area contributed by atoms with E-state index < -0.39 is 0 Å². The highest BCUT2D eigenvalue weighted by Crippen LogP contribution is 2.37. The summed E-state index contributed by atoms with van der Waals surface area (Å²) in [6.07, 6.45) is 0. The number of aryl methyl sites for hydroxylation is 1. The third-order valence-electron chi connectivity index (χ3n) is 3.85. The monoisotopic (exact) mass is 325 g/mol. The fourth-order valence-electron chi connectivity index (χ4n) is 2.68. The highest BCUT2D eigenvalue weighted by Gasteiger charge is 2.21. The molecule has 0 N–H and O–H groups in total. The lowest BCUT2D eigenvalue weighted by Crippen LogP contribution is -1.94. The predicted octanol–water partition coefficient (Wildman–Crippen LogP) is 5.11. The van der Waals surface area contributed by atoms with E-state index in [0.29, 0.717) is 18.1 Å². The normalized spacial score (nSPS) is 10.7. The lowest BCUT2D eigenvalue weighted by Gasteiger charge is -2.08. The van der Waals surface area contributed by atoms with E-state index in [0.717, 1.165) is 33.6 Å². The van der Waals surface area contributed by atoms with E-state index in [9.17, 15) is 0 Å². The largest absolute Gasteiger partial charge is 0.493 e. The summed E-state index contributed by atoms with van der Waals surface area (Å²) in [5.74, 6) is 2.87. The number of ether oxygens (including phenoxy) is 3. The first kappa shape index (κ1) is 16.1. The smallest absolute Gasteiger partial charge is 0.364 e. The molecule has 0 aliphatic rings. The summed E-state index contributed by atoms with van der Waals surface area (Å²) in [5.41, 5.74) is 2.85. The molecule has 1 heterocycles. The van der Waals surface area contributed by atoms with Crippen molar-refractivity contribution >= 4 is 11.0 Å². The van der Waals surface area contributed by atoms with Gasteiger partial charge in [0, 0.05) is 12.1 Å². The average molecular weight is 325 g/mol. The van der Waals surface area contributed by atoms with E-state index in [1.807, 2.05) is 43.3 Å². The van der Waals surface area contributed by atoms with Gasteiger partial charge in [-0.15, -0.1) is 0 Å². The van der Waals surface area contributed by atoms with E-state index in [1.165, 1.54) is 0 Å². The van der Waals surface area contributed by atoms with Crippen molar-refractivity contribution in [1.82, 2.24) is 0 Å². The summed E-state index contributed by atoms with van der Waals surface area (Å²) in [6.45, 7) is 4.62. The predicted molar refractivity (Wildman–Crippen MR) is 95.1 cm³/mol. The Kier molecular flexibility index (Phi) is 4.56. The van der Waals surface area contributed by atoms with Crippen molar-refractivity contribution in [3.63, 3.8) is 0 Å². The van der Waals surface area contributed by atoms with Crippen LogP contribution >= 0.6 is 0 Å². The standard InChI is InChI=1S/C20H21O4/c1-5-23-19-12-18(24-16-8-6-13(2)10-15(16)19)14-7-9-17(21-3)20(11-14)22-4/h6-12H,5H2,1-4H3/q+1. The maximum atomic E-state index is 6.09. The molecule has 2 aromatic carbocycles. The van der Waals surface area contributed by atoms with Crippen LogP contribution in [-0.4, -0.2) is 20.8 Å². The minimum atomic E-state index is 0.596. The second-order valence-electron chi connectivity index (χ2n) is 5.48. The highest BCUT2D eigenvalue weighted by molar-refractivity contribution is 5.86. The van der Waals surface area contributed by atoms with Gasteiger partial charge < -0.3 is 14.2 Å². The Hall–Kier alpha value is -2.75. The molecule has 0 amide bonds. The van der Waals surface area contributed by atoms with Crippen molar-refractivity contribution in [1.29, 1.82) is 0 Å². The molecule has 0 saturated heterocycles. The van der Waals surface area contributed by atoms with Crippen LogP contribution in [0.1, 0.15) is 12.5 Å². The van der Waals surface area contributed by atoms with E-state index >= 15 is 0 Å². The van der Waals surface area contributed by atoms with Gasteiger partial charge in [-0.1, -0.05) is 0 Å². The van der Waals surface area contributed by atoms with Crippen LogP contribution in [-0.2, 0) is 0 Å². The fraction of sp³-hybridized carbons (Fsp3) is 0.250. The van der Waals surface area contributed by atoms with Gasteiger partial charge in [0.05, 0.1) is 32.5 Å². The molecule has 4 nitrogen and oxygen atoms in total. The number of hydrogen-bond donors (Lipinski definition) is 0. The Bertz CT molecular complexity index is 871. The van der Waals surface area contributed by atoms with Crippen LogP contribution in [0.4, 0.5) is 0 Å². The zero-order chi connectivity index (χ0) is 17.1. The van der Waals surface area contributed by atoms with Gasteiger partial charge in [0.1, 0.15) is 11.1 Å². The third-order valence-corrected chi connectivity index (χ3v) is 3.85. The average Bonchev–Trinajstić information content (AvgIpc) is 2.61. The van der Waals surface area contributed by atoms with Crippen LogP contribution in [0.25, 0.3) is 22.3 Å². The quantitative estimate of drug-likeness (QED) is 0.611.